The van der Waals surface area contributed by atoms with Crippen molar-refractivity contribution in [2.24, 2.45) is 5.73 Å². The molecule has 0 aliphatic heterocycles. The number of hydrogen-bond donors (Lipinski definition) is 2. The molecule has 1 unspecified atom stereocenters. The van der Waals surface area contributed by atoms with E-state index in [2.05, 4.69) is 10.3 Å². The molecule has 3 N–H and O–H groups in total. The van der Waals surface area contributed by atoms with Crippen LogP contribution in [0.5, 0.6) is 0 Å². The predicted octanol–water partition coefficient (Wildman–Crippen LogP) is 2.86. The number of nitrogens with one attached hydrogen (secondary N) is 1. The first kappa shape index (κ1) is 20.9. The average Bonchev–Trinajstić information content (AvgIpc) is 2.97. The average molecular weight is 365 g/mol. The number of amides is 1. The normalized spacial score (nSPS) is 11.3. The lowest BCUT2D eigenvalue weighted by atomic mass is 10.2. The van der Waals surface area contributed by atoms with E-state index < -0.39 is 0 Å². The third-order valence-electron chi connectivity index (χ3n) is 3.17. The van der Waals surface area contributed by atoms with Crippen molar-refractivity contribution < 1.29 is 4.79 Å². The summed E-state index contributed by atoms with van der Waals surface area (Å²) in [6, 6.07) is 2.00. The fourth-order valence-corrected chi connectivity index (χ4v) is 2.87. The van der Waals surface area contributed by atoms with Gasteiger partial charge in [0.25, 0.3) is 5.91 Å². The van der Waals surface area contributed by atoms with Gasteiger partial charge in [0.15, 0.2) is 5.13 Å². The first-order chi connectivity index (χ1) is 9.50. The summed E-state index contributed by atoms with van der Waals surface area (Å²) in [4.78, 5) is 16.5. The van der Waals surface area contributed by atoms with Gasteiger partial charge in [-0.1, -0.05) is 0 Å². The Labute approximate surface area is 147 Å². The van der Waals surface area contributed by atoms with Gasteiger partial charge < -0.3 is 11.1 Å². The van der Waals surface area contributed by atoms with Crippen LogP contribution in [0.4, 0.5) is 0 Å². The Morgan fingerprint density at radius 2 is 2.14 bits per heavy atom. The van der Waals surface area contributed by atoms with Gasteiger partial charge in [0.1, 0.15) is 0 Å². The van der Waals surface area contributed by atoms with Crippen molar-refractivity contribution in [3.05, 3.63) is 34.6 Å². The van der Waals surface area contributed by atoms with Crippen LogP contribution < -0.4 is 11.1 Å². The Hall–Kier alpha value is -1.08. The summed E-state index contributed by atoms with van der Waals surface area (Å²) in [5, 5.41) is 5.72. The molecule has 0 aromatic carbocycles. The molecular weight excluding hydrogens is 343 g/mol. The fraction of sp³-hybridized carbons (Fsp3) is 0.429. The highest BCUT2D eigenvalue weighted by atomic mass is 35.5. The Morgan fingerprint density at radius 1 is 1.45 bits per heavy atom. The number of halogens is 2. The number of rotatable bonds is 5. The molecule has 0 spiro atoms. The molecule has 124 valence electrons. The van der Waals surface area contributed by atoms with Gasteiger partial charge in [-0.25, -0.2) is 4.98 Å². The lowest BCUT2D eigenvalue weighted by Gasteiger charge is -2.08. The molecule has 2 rings (SSSR count). The van der Waals surface area contributed by atoms with Gasteiger partial charge in [-0.15, -0.1) is 36.2 Å². The molecule has 0 radical (unpaired) electrons. The third kappa shape index (κ3) is 4.71. The van der Waals surface area contributed by atoms with Crippen molar-refractivity contribution in [3.8, 4) is 5.13 Å². The van der Waals surface area contributed by atoms with Crippen LogP contribution in [0.2, 0.25) is 0 Å². The van der Waals surface area contributed by atoms with Gasteiger partial charge in [-0.05, 0) is 33.3 Å². The van der Waals surface area contributed by atoms with Gasteiger partial charge in [0, 0.05) is 35.6 Å². The van der Waals surface area contributed by atoms with E-state index in [0.717, 1.165) is 22.9 Å². The smallest absolute Gasteiger partial charge is 0.253 e. The number of hydrogen-bond acceptors (Lipinski definition) is 4. The lowest BCUT2D eigenvalue weighted by molar-refractivity contribution is 0.0952. The summed E-state index contributed by atoms with van der Waals surface area (Å²) < 4.78 is 2.01. The highest BCUT2D eigenvalue weighted by Gasteiger charge is 2.17. The summed E-state index contributed by atoms with van der Waals surface area (Å²) in [5.74, 6) is -0.0541. The summed E-state index contributed by atoms with van der Waals surface area (Å²) in [6.07, 6.45) is 2.54. The van der Waals surface area contributed by atoms with Gasteiger partial charge in [0.05, 0.1) is 5.56 Å². The summed E-state index contributed by atoms with van der Waals surface area (Å²) in [6.45, 7) is 6.44. The Kier molecular flexibility index (Phi) is 8.70. The van der Waals surface area contributed by atoms with Gasteiger partial charge in [-0.2, -0.15) is 0 Å². The molecule has 0 saturated heterocycles. The molecule has 0 bridgehead atoms. The zero-order valence-electron chi connectivity index (χ0n) is 12.8. The molecule has 0 saturated carbocycles. The summed E-state index contributed by atoms with van der Waals surface area (Å²) in [5.41, 5.74) is 8.30. The second-order valence-corrected chi connectivity index (χ2v) is 5.83. The van der Waals surface area contributed by atoms with E-state index in [4.69, 9.17) is 5.73 Å². The molecule has 2 heterocycles. The largest absolute Gasteiger partial charge is 0.352 e. The number of aryl methyl sites for hydroxylation is 1. The highest BCUT2D eigenvalue weighted by molar-refractivity contribution is 7.12. The van der Waals surface area contributed by atoms with Gasteiger partial charge >= 0.3 is 0 Å². The first-order valence-electron chi connectivity index (χ1n) is 6.63. The number of aromatic nitrogens is 2. The van der Waals surface area contributed by atoms with E-state index in [1.54, 1.807) is 17.5 Å². The molecule has 2 aromatic heterocycles. The van der Waals surface area contributed by atoms with Crippen molar-refractivity contribution >= 4 is 42.1 Å². The lowest BCUT2D eigenvalue weighted by Crippen LogP contribution is -2.29. The molecule has 5 nitrogen and oxygen atoms in total. The molecule has 8 heteroatoms. The zero-order valence-corrected chi connectivity index (χ0v) is 15.3. The first-order valence-corrected chi connectivity index (χ1v) is 7.51. The van der Waals surface area contributed by atoms with Crippen LogP contribution in [0.15, 0.2) is 17.6 Å². The molecule has 0 aliphatic carbocycles. The molecule has 22 heavy (non-hydrogen) atoms. The van der Waals surface area contributed by atoms with Crippen LogP contribution in [0.1, 0.15) is 35.1 Å². The minimum absolute atomic E-state index is 0. The van der Waals surface area contributed by atoms with Crippen LogP contribution in [0.25, 0.3) is 5.13 Å². The van der Waals surface area contributed by atoms with Gasteiger partial charge in [0.2, 0.25) is 0 Å². The van der Waals surface area contributed by atoms with Crippen molar-refractivity contribution in [1.29, 1.82) is 0 Å². The Balaban J connectivity index is 0.00000220. The minimum Gasteiger partial charge on any atom is -0.352 e. The van der Waals surface area contributed by atoms with E-state index >= 15 is 0 Å². The maximum Gasteiger partial charge on any atom is 0.253 e. The number of nitrogens with two attached hydrogens (primary N) is 1. The number of thiazole rings is 1. The summed E-state index contributed by atoms with van der Waals surface area (Å²) in [7, 11) is 0. The molecule has 0 aliphatic rings. The molecule has 0 fully saturated rings. The van der Waals surface area contributed by atoms with Crippen LogP contribution in [0.3, 0.4) is 0 Å². The quantitative estimate of drug-likeness (QED) is 0.856. The molecule has 2 aromatic rings. The van der Waals surface area contributed by atoms with Crippen molar-refractivity contribution in [2.75, 3.05) is 6.54 Å². The van der Waals surface area contributed by atoms with E-state index in [1.165, 1.54) is 0 Å². The minimum atomic E-state index is -0.0541. The Morgan fingerprint density at radius 3 is 2.68 bits per heavy atom. The molecule has 1 amide bonds. The standard InChI is InChI=1S/C14H20N4OS.2ClH/c1-9(15)4-5-16-13(19)12-8-10(2)18(11(12)3)14-17-6-7-20-14;;/h6-9H,4-5,15H2,1-3H3,(H,16,19);2*1H. The maximum atomic E-state index is 12.2. The topological polar surface area (TPSA) is 72.9 Å². The van der Waals surface area contributed by atoms with Crippen molar-refractivity contribution in [2.45, 2.75) is 33.2 Å². The van der Waals surface area contributed by atoms with E-state index in [-0.39, 0.29) is 36.8 Å². The van der Waals surface area contributed by atoms with Gasteiger partial charge in [-0.3, -0.25) is 9.36 Å². The zero-order chi connectivity index (χ0) is 14.7. The fourth-order valence-electron chi connectivity index (χ4n) is 2.12. The number of carbonyl (C=O) groups is 1. The Bertz CT molecular complexity index is 596. The second-order valence-electron chi connectivity index (χ2n) is 4.96. The third-order valence-corrected chi connectivity index (χ3v) is 3.93. The molecular formula is C14H22Cl2N4OS. The SMILES string of the molecule is Cc1cc(C(=O)NCCC(C)N)c(C)n1-c1nccs1.Cl.Cl. The van der Waals surface area contributed by atoms with E-state index in [1.807, 2.05) is 36.8 Å². The van der Waals surface area contributed by atoms with E-state index in [9.17, 15) is 4.79 Å². The monoisotopic (exact) mass is 364 g/mol. The number of nitrogens with zero attached hydrogens (tertiary/aromatic N) is 2. The van der Waals surface area contributed by atoms with Crippen molar-refractivity contribution in [3.63, 3.8) is 0 Å². The summed E-state index contributed by atoms with van der Waals surface area (Å²) >= 11 is 1.55. The second kappa shape index (κ2) is 9.15. The maximum absolute atomic E-state index is 12.2. The van der Waals surface area contributed by atoms with Crippen molar-refractivity contribution in [1.82, 2.24) is 14.9 Å². The van der Waals surface area contributed by atoms with Crippen LogP contribution in [0, 0.1) is 13.8 Å². The molecule has 1 atom stereocenters. The predicted molar refractivity (Wildman–Crippen MR) is 96.0 cm³/mol. The van der Waals surface area contributed by atoms with Crippen LogP contribution >= 0.6 is 36.2 Å². The van der Waals surface area contributed by atoms with Crippen LogP contribution in [-0.2, 0) is 0 Å². The number of carbonyl (C=O) groups excluding carboxylic acids is 1. The van der Waals surface area contributed by atoms with Crippen LogP contribution in [-0.4, -0.2) is 28.0 Å². The highest BCUT2D eigenvalue weighted by Crippen LogP contribution is 2.22. The van der Waals surface area contributed by atoms with E-state index in [0.29, 0.717) is 12.1 Å².